The molecule has 1 rings (SSSR count). The zero-order valence-corrected chi connectivity index (χ0v) is 11.7. The van der Waals surface area contributed by atoms with Crippen LogP contribution in [0.15, 0.2) is 0 Å². The van der Waals surface area contributed by atoms with E-state index in [4.69, 9.17) is 5.11 Å². The second-order valence-corrected chi connectivity index (χ2v) is 6.37. The molecule has 0 aliphatic heterocycles. The highest BCUT2D eigenvalue weighted by molar-refractivity contribution is 5.77. The molecule has 1 aliphatic rings. The lowest BCUT2D eigenvalue weighted by Crippen LogP contribution is -2.46. The molecular weight excluding hydrogens is 214 g/mol. The second kappa shape index (κ2) is 5.85. The van der Waals surface area contributed by atoms with E-state index in [1.54, 1.807) is 0 Å². The van der Waals surface area contributed by atoms with Crippen molar-refractivity contribution in [1.29, 1.82) is 0 Å². The fourth-order valence-electron chi connectivity index (χ4n) is 2.00. The molecule has 3 heteroatoms. The molecule has 1 fully saturated rings. The van der Waals surface area contributed by atoms with E-state index in [2.05, 4.69) is 27.7 Å². The summed E-state index contributed by atoms with van der Waals surface area (Å²) < 4.78 is 0. The number of carbonyl (C=O) groups is 1. The number of hydrogen-bond donors (Lipinski definition) is 1. The largest absolute Gasteiger partial charge is 0.395 e. The van der Waals surface area contributed by atoms with E-state index < -0.39 is 0 Å². The molecule has 1 amide bonds. The van der Waals surface area contributed by atoms with Gasteiger partial charge in [-0.15, -0.1) is 0 Å². The molecule has 0 spiro atoms. The molecule has 1 N–H and O–H groups in total. The zero-order valence-electron chi connectivity index (χ0n) is 11.7. The van der Waals surface area contributed by atoms with Gasteiger partial charge in [0.1, 0.15) is 0 Å². The van der Waals surface area contributed by atoms with E-state index >= 15 is 0 Å². The summed E-state index contributed by atoms with van der Waals surface area (Å²) in [4.78, 5) is 14.1. The lowest BCUT2D eigenvalue weighted by molar-refractivity contribution is -0.137. The van der Waals surface area contributed by atoms with Gasteiger partial charge in [-0.25, -0.2) is 0 Å². The Balaban J connectivity index is 2.53. The highest BCUT2D eigenvalue weighted by atomic mass is 16.3. The van der Waals surface area contributed by atoms with Gasteiger partial charge in [0.2, 0.25) is 5.91 Å². The van der Waals surface area contributed by atoms with Gasteiger partial charge in [-0.3, -0.25) is 4.79 Å². The third-order valence-corrected chi connectivity index (χ3v) is 4.14. The van der Waals surface area contributed by atoms with Crippen molar-refractivity contribution in [2.24, 2.45) is 11.3 Å². The summed E-state index contributed by atoms with van der Waals surface area (Å²) in [6.45, 7) is 9.22. The molecule has 1 saturated carbocycles. The highest BCUT2D eigenvalue weighted by Crippen LogP contribution is 2.30. The molecule has 0 aromatic carbocycles. The molecule has 0 aromatic rings. The third kappa shape index (κ3) is 3.98. The topological polar surface area (TPSA) is 40.5 Å². The first-order chi connectivity index (χ1) is 7.86. The summed E-state index contributed by atoms with van der Waals surface area (Å²) in [5.41, 5.74) is 0.167. The first-order valence-electron chi connectivity index (χ1n) is 6.76. The first kappa shape index (κ1) is 14.5. The van der Waals surface area contributed by atoms with Gasteiger partial charge in [0.15, 0.2) is 0 Å². The highest BCUT2D eigenvalue weighted by Gasteiger charge is 2.31. The summed E-state index contributed by atoms with van der Waals surface area (Å²) in [7, 11) is 0. The molecule has 0 aromatic heterocycles. The van der Waals surface area contributed by atoms with Crippen molar-refractivity contribution < 1.29 is 9.90 Å². The van der Waals surface area contributed by atoms with Crippen LogP contribution in [0.1, 0.15) is 53.4 Å². The van der Waals surface area contributed by atoms with Gasteiger partial charge in [0.25, 0.3) is 0 Å². The normalized spacial score (nSPS) is 18.6. The van der Waals surface area contributed by atoms with Crippen LogP contribution < -0.4 is 0 Å². The van der Waals surface area contributed by atoms with Gasteiger partial charge in [0, 0.05) is 19.0 Å². The van der Waals surface area contributed by atoms with Crippen molar-refractivity contribution in [3.63, 3.8) is 0 Å². The van der Waals surface area contributed by atoms with Gasteiger partial charge in [-0.2, -0.15) is 0 Å². The smallest absolute Gasteiger partial charge is 0.223 e. The maximum absolute atomic E-state index is 12.2. The molecule has 17 heavy (non-hydrogen) atoms. The van der Waals surface area contributed by atoms with Crippen LogP contribution in [0.3, 0.4) is 0 Å². The van der Waals surface area contributed by atoms with Crippen LogP contribution in [-0.2, 0) is 4.79 Å². The predicted molar refractivity (Wildman–Crippen MR) is 69.7 cm³/mol. The molecule has 1 aliphatic carbocycles. The maximum atomic E-state index is 12.2. The number of carbonyl (C=O) groups excluding carboxylic acids is 1. The van der Waals surface area contributed by atoms with Crippen LogP contribution in [0.5, 0.6) is 0 Å². The Morgan fingerprint density at radius 1 is 1.41 bits per heavy atom. The predicted octanol–water partition coefficient (Wildman–Crippen LogP) is 2.43. The average Bonchev–Trinajstić information content (AvgIpc) is 2.12. The molecule has 1 unspecified atom stereocenters. The van der Waals surface area contributed by atoms with Crippen molar-refractivity contribution >= 4 is 5.91 Å². The van der Waals surface area contributed by atoms with Crippen LogP contribution in [0.2, 0.25) is 0 Å². The van der Waals surface area contributed by atoms with Crippen molar-refractivity contribution in [3.05, 3.63) is 0 Å². The van der Waals surface area contributed by atoms with Crippen molar-refractivity contribution in [3.8, 4) is 0 Å². The van der Waals surface area contributed by atoms with E-state index in [0.29, 0.717) is 24.9 Å². The van der Waals surface area contributed by atoms with E-state index in [-0.39, 0.29) is 17.9 Å². The second-order valence-electron chi connectivity index (χ2n) is 6.37. The Morgan fingerprint density at radius 3 is 2.35 bits per heavy atom. The molecule has 1 atom stereocenters. The Morgan fingerprint density at radius 2 is 2.00 bits per heavy atom. The van der Waals surface area contributed by atoms with E-state index in [9.17, 15) is 4.79 Å². The Labute approximate surface area is 105 Å². The molecule has 100 valence electrons. The summed E-state index contributed by atoms with van der Waals surface area (Å²) >= 11 is 0. The molecular formula is C14H27NO2. The number of aliphatic hydroxyl groups excluding tert-OH is 1. The standard InChI is InChI=1S/C14H27NO2/c1-11(14(2,3)4)10-13(17)15(8-9-16)12-6-5-7-12/h11-12,16H,5-10H2,1-4H3. The van der Waals surface area contributed by atoms with Crippen LogP contribution in [-0.4, -0.2) is 35.1 Å². The molecule has 0 radical (unpaired) electrons. The lowest BCUT2D eigenvalue weighted by Gasteiger charge is -2.38. The molecule has 0 bridgehead atoms. The van der Waals surface area contributed by atoms with Crippen LogP contribution in [0.25, 0.3) is 0 Å². The minimum atomic E-state index is 0.0755. The number of nitrogens with zero attached hydrogens (tertiary/aromatic N) is 1. The van der Waals surface area contributed by atoms with Gasteiger partial charge in [0.05, 0.1) is 6.61 Å². The molecule has 0 heterocycles. The van der Waals surface area contributed by atoms with Crippen molar-refractivity contribution in [2.75, 3.05) is 13.2 Å². The Bertz CT molecular complexity index is 253. The first-order valence-corrected chi connectivity index (χ1v) is 6.76. The molecule has 3 nitrogen and oxygen atoms in total. The monoisotopic (exact) mass is 241 g/mol. The van der Waals surface area contributed by atoms with Crippen molar-refractivity contribution in [2.45, 2.75) is 59.4 Å². The number of rotatable bonds is 5. The number of amides is 1. The van der Waals surface area contributed by atoms with E-state index in [0.717, 1.165) is 12.8 Å². The summed E-state index contributed by atoms with van der Waals surface area (Å²) in [5, 5.41) is 9.05. The molecule has 0 saturated heterocycles. The fraction of sp³-hybridized carbons (Fsp3) is 0.929. The summed E-state index contributed by atoms with van der Waals surface area (Å²) in [6, 6.07) is 0.391. The fourth-order valence-corrected chi connectivity index (χ4v) is 2.00. The van der Waals surface area contributed by atoms with Crippen molar-refractivity contribution in [1.82, 2.24) is 4.90 Å². The quantitative estimate of drug-likeness (QED) is 0.803. The number of aliphatic hydroxyl groups is 1. The number of hydrogen-bond acceptors (Lipinski definition) is 2. The van der Waals surface area contributed by atoms with Gasteiger partial charge in [-0.05, 0) is 30.6 Å². The van der Waals surface area contributed by atoms with E-state index in [1.165, 1.54) is 6.42 Å². The van der Waals surface area contributed by atoms with Gasteiger partial charge < -0.3 is 10.0 Å². The van der Waals surface area contributed by atoms with Crippen LogP contribution in [0.4, 0.5) is 0 Å². The summed E-state index contributed by atoms with van der Waals surface area (Å²) in [6.07, 6.45) is 4.03. The summed E-state index contributed by atoms with van der Waals surface area (Å²) in [5.74, 6) is 0.586. The minimum absolute atomic E-state index is 0.0755. The maximum Gasteiger partial charge on any atom is 0.223 e. The van der Waals surface area contributed by atoms with Crippen LogP contribution in [0, 0.1) is 11.3 Å². The lowest BCUT2D eigenvalue weighted by atomic mass is 9.79. The SMILES string of the molecule is CC(CC(=O)N(CCO)C1CCC1)C(C)(C)C. The average molecular weight is 241 g/mol. The third-order valence-electron chi connectivity index (χ3n) is 4.14. The van der Waals surface area contributed by atoms with Gasteiger partial charge in [-0.1, -0.05) is 27.7 Å². The van der Waals surface area contributed by atoms with Gasteiger partial charge >= 0.3 is 0 Å². The minimum Gasteiger partial charge on any atom is -0.395 e. The van der Waals surface area contributed by atoms with E-state index in [1.807, 2.05) is 4.90 Å². The zero-order chi connectivity index (χ0) is 13.1. The van der Waals surface area contributed by atoms with Crippen LogP contribution >= 0.6 is 0 Å². The Hall–Kier alpha value is -0.570. The Kier molecular flexibility index (Phi) is 4.99.